The molecule has 0 N–H and O–H groups in total. The monoisotopic (exact) mass is 291 g/mol. The summed E-state index contributed by atoms with van der Waals surface area (Å²) in [6.45, 7) is 0. The van der Waals surface area contributed by atoms with Crippen LogP contribution in [-0.2, 0) is 4.46 Å². The van der Waals surface area contributed by atoms with Gasteiger partial charge in [0, 0.05) is 5.02 Å². The van der Waals surface area contributed by atoms with Gasteiger partial charge in [0.25, 0.3) is 0 Å². The lowest BCUT2D eigenvalue weighted by atomic mass is 10.3. The van der Waals surface area contributed by atoms with Crippen molar-refractivity contribution in [1.29, 1.82) is 0 Å². The number of benzene rings is 1. The largest absolute Gasteiger partial charge is 0.414 e. The number of hydrogen-bond donors (Lipinski definition) is 0. The Morgan fingerprint density at radius 3 is 2.65 bits per heavy atom. The number of hydrogen-bond acceptors (Lipinski definition) is 4. The number of nitro groups is 1. The molecule has 1 aromatic carbocycles. The van der Waals surface area contributed by atoms with Gasteiger partial charge < -0.3 is 0 Å². The lowest BCUT2D eigenvalue weighted by molar-refractivity contribution is -0.523. The van der Waals surface area contributed by atoms with Crippen molar-refractivity contribution in [3.8, 4) is 0 Å². The Bertz CT molecular complexity index is 603. The molecular weight excluding hydrogens is 288 g/mol. The highest BCUT2D eigenvalue weighted by Crippen LogP contribution is 2.33. The average molecular weight is 293 g/mol. The Kier molecular flexibility index (Phi) is 3.07. The SMILES string of the molecule is O=[N+]([O-])C(Cl)(Cl)c1cnc2ccc(Cl)cc2n1. The average Bonchev–Trinajstić information content (AvgIpc) is 2.27. The topological polar surface area (TPSA) is 68.9 Å². The van der Waals surface area contributed by atoms with E-state index in [0.717, 1.165) is 0 Å². The van der Waals surface area contributed by atoms with Gasteiger partial charge in [0.2, 0.25) is 0 Å². The number of rotatable bonds is 2. The van der Waals surface area contributed by atoms with Crippen molar-refractivity contribution in [2.45, 2.75) is 4.46 Å². The maximum Gasteiger partial charge on any atom is 0.414 e. The molecule has 0 radical (unpaired) electrons. The molecule has 0 atom stereocenters. The van der Waals surface area contributed by atoms with Crippen LogP contribution in [-0.4, -0.2) is 14.9 Å². The van der Waals surface area contributed by atoms with E-state index in [4.69, 9.17) is 34.8 Å². The molecule has 1 aromatic heterocycles. The predicted octanol–water partition coefficient (Wildman–Crippen LogP) is 3.15. The zero-order valence-electron chi connectivity index (χ0n) is 8.10. The second kappa shape index (κ2) is 4.25. The van der Waals surface area contributed by atoms with Gasteiger partial charge in [-0.1, -0.05) is 11.6 Å². The molecule has 0 spiro atoms. The van der Waals surface area contributed by atoms with Crippen LogP contribution in [0.2, 0.25) is 5.02 Å². The highest BCUT2D eigenvalue weighted by molar-refractivity contribution is 6.46. The summed E-state index contributed by atoms with van der Waals surface area (Å²) in [5.74, 6) is 0. The van der Waals surface area contributed by atoms with E-state index in [1.807, 2.05) is 0 Å². The lowest BCUT2D eigenvalue weighted by Crippen LogP contribution is -2.23. The summed E-state index contributed by atoms with van der Waals surface area (Å²) in [6, 6.07) is 4.81. The molecule has 8 heteroatoms. The third-order valence-corrected chi connectivity index (χ3v) is 2.94. The molecule has 0 saturated carbocycles. The Balaban J connectivity index is 2.62. The quantitative estimate of drug-likeness (QED) is 0.369. The van der Waals surface area contributed by atoms with E-state index in [0.29, 0.717) is 16.1 Å². The van der Waals surface area contributed by atoms with E-state index in [1.54, 1.807) is 12.1 Å². The van der Waals surface area contributed by atoms with Gasteiger partial charge in [-0.2, -0.15) is 0 Å². The van der Waals surface area contributed by atoms with Crippen molar-refractivity contribution in [2.75, 3.05) is 0 Å². The van der Waals surface area contributed by atoms with E-state index >= 15 is 0 Å². The van der Waals surface area contributed by atoms with E-state index in [9.17, 15) is 10.1 Å². The molecule has 17 heavy (non-hydrogen) atoms. The second-order valence-electron chi connectivity index (χ2n) is 3.19. The Hall–Kier alpha value is -1.17. The first kappa shape index (κ1) is 12.3. The Morgan fingerprint density at radius 1 is 1.29 bits per heavy atom. The Morgan fingerprint density at radius 2 is 2.00 bits per heavy atom. The standard InChI is InChI=1S/C9H4Cl3N3O2/c10-5-1-2-6-7(3-5)14-8(4-13-6)9(11,12)15(16)17/h1-4H. The van der Waals surface area contributed by atoms with E-state index in [1.165, 1.54) is 12.3 Å². The smallest absolute Gasteiger partial charge is 0.261 e. The third-order valence-electron chi connectivity index (χ3n) is 2.04. The highest BCUT2D eigenvalue weighted by atomic mass is 35.5. The molecule has 0 fully saturated rings. The van der Waals surface area contributed by atoms with E-state index < -0.39 is 9.38 Å². The molecule has 0 unspecified atom stereocenters. The molecule has 1 heterocycles. The summed E-state index contributed by atoms with van der Waals surface area (Å²) in [6.07, 6.45) is 1.17. The lowest BCUT2D eigenvalue weighted by Gasteiger charge is -2.09. The van der Waals surface area contributed by atoms with Crippen LogP contribution in [0.1, 0.15) is 5.69 Å². The predicted molar refractivity (Wildman–Crippen MR) is 64.9 cm³/mol. The summed E-state index contributed by atoms with van der Waals surface area (Å²) in [5, 5.41) is 11.1. The molecule has 88 valence electrons. The van der Waals surface area contributed by atoms with Gasteiger partial charge in [-0.05, 0) is 41.4 Å². The van der Waals surface area contributed by atoms with Crippen molar-refractivity contribution in [3.05, 3.63) is 45.2 Å². The van der Waals surface area contributed by atoms with Gasteiger partial charge in [0.1, 0.15) is 0 Å². The zero-order valence-corrected chi connectivity index (χ0v) is 10.4. The van der Waals surface area contributed by atoms with E-state index in [-0.39, 0.29) is 5.69 Å². The zero-order chi connectivity index (χ0) is 12.6. The number of alkyl halides is 2. The van der Waals surface area contributed by atoms with Crippen LogP contribution in [0, 0.1) is 10.1 Å². The molecule has 0 aliphatic rings. The van der Waals surface area contributed by atoms with Crippen molar-refractivity contribution >= 4 is 45.8 Å². The normalized spacial score (nSPS) is 11.7. The maximum atomic E-state index is 10.7. The van der Waals surface area contributed by atoms with Crippen molar-refractivity contribution < 1.29 is 4.92 Å². The minimum atomic E-state index is -2.32. The van der Waals surface area contributed by atoms with Crippen LogP contribution in [0.15, 0.2) is 24.4 Å². The summed E-state index contributed by atoms with van der Waals surface area (Å²) in [4.78, 5) is 17.8. The van der Waals surface area contributed by atoms with Gasteiger partial charge in [-0.25, -0.2) is 4.98 Å². The van der Waals surface area contributed by atoms with Crippen molar-refractivity contribution in [2.24, 2.45) is 0 Å². The molecule has 5 nitrogen and oxygen atoms in total. The minimum Gasteiger partial charge on any atom is -0.261 e. The first-order chi connectivity index (χ1) is 7.91. The van der Waals surface area contributed by atoms with Gasteiger partial charge in [-0.3, -0.25) is 15.1 Å². The molecule has 0 aliphatic heterocycles. The number of fused-ring (bicyclic) bond motifs is 1. The number of nitrogens with zero attached hydrogens (tertiary/aromatic N) is 3. The first-order valence-corrected chi connectivity index (χ1v) is 5.50. The summed E-state index contributed by atoms with van der Waals surface area (Å²) in [7, 11) is 0. The van der Waals surface area contributed by atoms with E-state index in [2.05, 4.69) is 9.97 Å². The summed E-state index contributed by atoms with van der Waals surface area (Å²) in [5.41, 5.74) is 0.786. The molecule has 0 saturated heterocycles. The van der Waals surface area contributed by atoms with Crippen LogP contribution in [0.4, 0.5) is 0 Å². The van der Waals surface area contributed by atoms with Gasteiger partial charge in [0.15, 0.2) is 5.69 Å². The molecule has 0 amide bonds. The second-order valence-corrected chi connectivity index (χ2v) is 4.91. The summed E-state index contributed by atoms with van der Waals surface area (Å²) < 4.78 is -2.32. The van der Waals surface area contributed by atoms with Crippen LogP contribution in [0.5, 0.6) is 0 Å². The molecular formula is C9H4Cl3N3O2. The van der Waals surface area contributed by atoms with Gasteiger partial charge in [-0.15, -0.1) is 0 Å². The molecule has 2 rings (SSSR count). The van der Waals surface area contributed by atoms with Crippen molar-refractivity contribution in [3.63, 3.8) is 0 Å². The van der Waals surface area contributed by atoms with Crippen molar-refractivity contribution in [1.82, 2.24) is 9.97 Å². The number of halogens is 3. The van der Waals surface area contributed by atoms with Gasteiger partial charge >= 0.3 is 4.46 Å². The maximum absolute atomic E-state index is 10.7. The summed E-state index contributed by atoms with van der Waals surface area (Å²) >= 11 is 16.9. The molecule has 0 aliphatic carbocycles. The first-order valence-electron chi connectivity index (χ1n) is 4.36. The fourth-order valence-corrected chi connectivity index (χ4v) is 1.57. The molecule has 2 aromatic rings. The molecule has 0 bridgehead atoms. The van der Waals surface area contributed by atoms with Crippen LogP contribution in [0.25, 0.3) is 11.0 Å². The third kappa shape index (κ3) is 2.26. The van der Waals surface area contributed by atoms with Crippen LogP contribution < -0.4 is 0 Å². The highest BCUT2D eigenvalue weighted by Gasteiger charge is 2.42. The fraction of sp³-hybridized carbons (Fsp3) is 0.111. The Labute approximate surface area is 110 Å². The van der Waals surface area contributed by atoms with Gasteiger partial charge in [0.05, 0.1) is 22.2 Å². The minimum absolute atomic E-state index is 0.152. The number of aromatic nitrogens is 2. The van der Waals surface area contributed by atoms with Crippen LogP contribution >= 0.6 is 34.8 Å². The van der Waals surface area contributed by atoms with Crippen LogP contribution in [0.3, 0.4) is 0 Å². The fourth-order valence-electron chi connectivity index (χ4n) is 1.22.